The second-order valence-corrected chi connectivity index (χ2v) is 4.18. The van der Waals surface area contributed by atoms with Crippen LogP contribution in [0.3, 0.4) is 0 Å². The molecule has 2 rings (SSSR count). The van der Waals surface area contributed by atoms with Crippen LogP contribution in [0.5, 0.6) is 0 Å². The molecule has 0 saturated carbocycles. The van der Waals surface area contributed by atoms with E-state index in [4.69, 9.17) is 0 Å². The minimum Gasteiger partial charge on any atom is -0.549 e. The van der Waals surface area contributed by atoms with Gasteiger partial charge in [-0.25, -0.2) is 0 Å². The minimum atomic E-state index is -1.20. The molecule has 2 aromatic rings. The predicted molar refractivity (Wildman–Crippen MR) is 62.7 cm³/mol. The van der Waals surface area contributed by atoms with Crippen LogP contribution in [-0.2, 0) is 4.79 Å². The third-order valence-corrected chi connectivity index (χ3v) is 2.83. The van der Waals surface area contributed by atoms with Crippen LogP contribution in [0.15, 0.2) is 29.1 Å². The van der Waals surface area contributed by atoms with Crippen LogP contribution in [0.2, 0.25) is 0 Å². The number of aromatic nitrogens is 1. The molecular formula is C13H12NO3-. The highest BCUT2D eigenvalue weighted by atomic mass is 16.4. The molecular weight excluding hydrogens is 218 g/mol. The molecule has 1 aromatic carbocycles. The number of pyridine rings is 1. The summed E-state index contributed by atoms with van der Waals surface area (Å²) in [5, 5.41) is 11.3. The van der Waals surface area contributed by atoms with Crippen molar-refractivity contribution in [3.63, 3.8) is 0 Å². The number of carboxylic acids is 1. The maximum Gasteiger partial charge on any atom is 0.189 e. The third-order valence-electron chi connectivity index (χ3n) is 2.83. The van der Waals surface area contributed by atoms with E-state index >= 15 is 0 Å². The molecule has 1 N–H and O–H groups in total. The quantitative estimate of drug-likeness (QED) is 0.824. The van der Waals surface area contributed by atoms with Gasteiger partial charge in [-0.3, -0.25) is 4.79 Å². The first-order valence-electron chi connectivity index (χ1n) is 5.33. The molecule has 1 heterocycles. The van der Waals surface area contributed by atoms with Crippen molar-refractivity contribution in [3.05, 3.63) is 45.7 Å². The van der Waals surface area contributed by atoms with Gasteiger partial charge in [-0.2, -0.15) is 0 Å². The van der Waals surface area contributed by atoms with Crippen molar-refractivity contribution in [2.45, 2.75) is 19.8 Å². The van der Waals surface area contributed by atoms with Gasteiger partial charge < -0.3 is 14.9 Å². The maximum absolute atomic E-state index is 11.8. The summed E-state index contributed by atoms with van der Waals surface area (Å²) in [6.45, 7) is 3.39. The van der Waals surface area contributed by atoms with Gasteiger partial charge >= 0.3 is 0 Å². The van der Waals surface area contributed by atoms with E-state index in [1.54, 1.807) is 12.1 Å². The number of aryl methyl sites for hydroxylation is 1. The molecule has 0 fully saturated rings. The van der Waals surface area contributed by atoms with Gasteiger partial charge in [0.05, 0.1) is 5.97 Å². The second kappa shape index (κ2) is 4.05. The lowest BCUT2D eigenvalue weighted by molar-refractivity contribution is -0.307. The number of carbonyl (C=O) groups is 1. The lowest BCUT2D eigenvalue weighted by atomic mass is 10.1. The Labute approximate surface area is 97.9 Å². The van der Waals surface area contributed by atoms with Gasteiger partial charge in [-0.05, 0) is 19.1 Å². The fourth-order valence-electron chi connectivity index (χ4n) is 1.74. The fourth-order valence-corrected chi connectivity index (χ4v) is 1.74. The number of carboxylic acid groups (broad SMARTS) is 1. The van der Waals surface area contributed by atoms with Crippen LogP contribution < -0.4 is 10.5 Å². The lowest BCUT2D eigenvalue weighted by Gasteiger charge is -2.13. The summed E-state index contributed by atoms with van der Waals surface area (Å²) in [4.78, 5) is 25.6. The van der Waals surface area contributed by atoms with Crippen molar-refractivity contribution in [2.24, 2.45) is 0 Å². The van der Waals surface area contributed by atoms with Gasteiger partial charge in [0, 0.05) is 28.6 Å². The van der Waals surface area contributed by atoms with Crippen LogP contribution in [0, 0.1) is 6.92 Å². The number of nitrogens with one attached hydrogen (secondary N) is 1. The number of hydrogen-bond acceptors (Lipinski definition) is 3. The monoisotopic (exact) mass is 230 g/mol. The predicted octanol–water partition coefficient (Wildman–Crippen LogP) is 0.690. The number of hydrogen-bond donors (Lipinski definition) is 1. The average molecular weight is 230 g/mol. The maximum atomic E-state index is 11.8. The van der Waals surface area contributed by atoms with Crippen LogP contribution in [0.1, 0.15) is 24.1 Å². The van der Waals surface area contributed by atoms with Crippen molar-refractivity contribution in [3.8, 4) is 0 Å². The third kappa shape index (κ3) is 2.06. The van der Waals surface area contributed by atoms with E-state index < -0.39 is 11.9 Å². The van der Waals surface area contributed by atoms with Crippen molar-refractivity contribution < 1.29 is 9.90 Å². The van der Waals surface area contributed by atoms with Crippen LogP contribution >= 0.6 is 0 Å². The van der Waals surface area contributed by atoms with Crippen LogP contribution in [0.4, 0.5) is 0 Å². The zero-order valence-corrected chi connectivity index (χ0v) is 9.61. The molecule has 1 atom stereocenters. The Kier molecular flexibility index (Phi) is 2.71. The molecule has 17 heavy (non-hydrogen) atoms. The first kappa shape index (κ1) is 11.4. The highest BCUT2D eigenvalue weighted by molar-refractivity contribution is 5.80. The topological polar surface area (TPSA) is 73.0 Å². The standard InChI is InChI=1S/C13H13NO3/c1-7-3-4-10-9(5-7)12(15)6-11(14-10)8(2)13(16)17/h3-6,8H,1-2H3,(H,14,15)(H,16,17)/p-1. The molecule has 0 aliphatic heterocycles. The summed E-state index contributed by atoms with van der Waals surface area (Å²) >= 11 is 0. The average Bonchev–Trinajstić information content (AvgIpc) is 2.28. The van der Waals surface area contributed by atoms with E-state index in [2.05, 4.69) is 4.98 Å². The Balaban J connectivity index is 2.68. The number of fused-ring (bicyclic) bond motifs is 1. The Bertz CT molecular complexity index is 643. The zero-order chi connectivity index (χ0) is 12.6. The van der Waals surface area contributed by atoms with Gasteiger partial charge in [0.25, 0.3) is 0 Å². The Morgan fingerprint density at radius 3 is 2.71 bits per heavy atom. The van der Waals surface area contributed by atoms with Crippen LogP contribution in [0.25, 0.3) is 10.9 Å². The summed E-state index contributed by atoms with van der Waals surface area (Å²) in [7, 11) is 0. The molecule has 0 radical (unpaired) electrons. The molecule has 0 aliphatic rings. The summed E-state index contributed by atoms with van der Waals surface area (Å²) < 4.78 is 0. The lowest BCUT2D eigenvalue weighted by Crippen LogP contribution is -2.29. The fraction of sp³-hybridized carbons (Fsp3) is 0.231. The Morgan fingerprint density at radius 1 is 1.35 bits per heavy atom. The van der Waals surface area contributed by atoms with Gasteiger partial charge in [-0.1, -0.05) is 18.6 Å². The van der Waals surface area contributed by atoms with Gasteiger partial charge in [0.1, 0.15) is 0 Å². The van der Waals surface area contributed by atoms with Crippen molar-refractivity contribution >= 4 is 16.9 Å². The first-order valence-corrected chi connectivity index (χ1v) is 5.33. The van der Waals surface area contributed by atoms with E-state index in [1.807, 2.05) is 13.0 Å². The Hall–Kier alpha value is -2.10. The van der Waals surface area contributed by atoms with Crippen molar-refractivity contribution in [1.29, 1.82) is 0 Å². The summed E-state index contributed by atoms with van der Waals surface area (Å²) in [5.41, 5.74) is 1.83. The van der Waals surface area contributed by atoms with Crippen molar-refractivity contribution in [2.75, 3.05) is 0 Å². The van der Waals surface area contributed by atoms with E-state index in [1.165, 1.54) is 13.0 Å². The number of benzene rings is 1. The number of rotatable bonds is 2. The van der Waals surface area contributed by atoms with Gasteiger partial charge in [-0.15, -0.1) is 0 Å². The number of aromatic amines is 1. The number of carbonyl (C=O) groups excluding carboxylic acids is 1. The molecule has 0 aliphatic carbocycles. The number of H-pyrrole nitrogens is 1. The summed E-state index contributed by atoms with van der Waals surface area (Å²) in [5.74, 6) is -2.03. The van der Waals surface area contributed by atoms with Gasteiger partial charge in [0.15, 0.2) is 5.43 Å². The smallest absolute Gasteiger partial charge is 0.189 e. The molecule has 0 amide bonds. The van der Waals surface area contributed by atoms with E-state index in [0.717, 1.165) is 5.56 Å². The molecule has 0 spiro atoms. The molecule has 88 valence electrons. The van der Waals surface area contributed by atoms with E-state index in [-0.39, 0.29) is 5.43 Å². The van der Waals surface area contributed by atoms with Crippen molar-refractivity contribution in [1.82, 2.24) is 4.98 Å². The SMILES string of the molecule is Cc1ccc2[nH]c(C(C)C(=O)[O-])cc(=O)c2c1. The number of aliphatic carboxylic acids is 1. The highest BCUT2D eigenvalue weighted by Gasteiger charge is 2.09. The van der Waals surface area contributed by atoms with Gasteiger partial charge in [0.2, 0.25) is 0 Å². The largest absolute Gasteiger partial charge is 0.549 e. The van der Waals surface area contributed by atoms with E-state index in [0.29, 0.717) is 16.6 Å². The molecule has 0 saturated heterocycles. The summed E-state index contributed by atoms with van der Waals surface area (Å²) in [6.07, 6.45) is 0. The minimum absolute atomic E-state index is 0.175. The zero-order valence-electron chi connectivity index (χ0n) is 9.61. The Morgan fingerprint density at radius 2 is 2.06 bits per heavy atom. The second-order valence-electron chi connectivity index (χ2n) is 4.18. The normalized spacial score (nSPS) is 12.6. The molecule has 1 aromatic heterocycles. The molecule has 4 nitrogen and oxygen atoms in total. The first-order chi connectivity index (χ1) is 7.99. The van der Waals surface area contributed by atoms with E-state index in [9.17, 15) is 14.7 Å². The van der Waals surface area contributed by atoms with Crippen LogP contribution in [-0.4, -0.2) is 11.0 Å². The molecule has 0 bridgehead atoms. The highest BCUT2D eigenvalue weighted by Crippen LogP contribution is 2.15. The summed E-state index contributed by atoms with van der Waals surface area (Å²) in [6, 6.07) is 6.74. The molecule has 4 heteroatoms. The molecule has 1 unspecified atom stereocenters.